The number of rotatable bonds is 6. The molecule has 0 unspecified atom stereocenters. The summed E-state index contributed by atoms with van der Waals surface area (Å²) < 4.78 is 0.686. The third kappa shape index (κ3) is 4.58. The molecule has 1 aromatic heterocycles. The number of thioether (sulfide) groups is 1. The van der Waals surface area contributed by atoms with Crippen molar-refractivity contribution in [1.29, 1.82) is 0 Å². The number of nitrogens with zero attached hydrogens (tertiary/aromatic N) is 3. The Hall–Kier alpha value is -1.93. The maximum atomic E-state index is 12.6. The van der Waals surface area contributed by atoms with Crippen LogP contribution in [-0.4, -0.2) is 34.3 Å². The van der Waals surface area contributed by atoms with Crippen molar-refractivity contribution in [3.05, 3.63) is 29.8 Å². The summed E-state index contributed by atoms with van der Waals surface area (Å²) in [5.74, 6) is 0.325. The van der Waals surface area contributed by atoms with Crippen LogP contribution < -0.4 is 10.2 Å². The molecule has 3 rings (SSSR count). The normalized spacial score (nSPS) is 13.4. The molecule has 0 bridgehead atoms. The van der Waals surface area contributed by atoms with Gasteiger partial charge in [-0.25, -0.2) is 0 Å². The summed E-state index contributed by atoms with van der Waals surface area (Å²) in [7, 11) is 0. The number of carbonyl (C=O) groups excluding carboxylic acids is 2. The molecule has 0 radical (unpaired) electrons. The SMILES string of the molecule is CCCC(=O)Nc1nnc(SCC(=O)N2CCCc3ccccc32)s1. The summed E-state index contributed by atoms with van der Waals surface area (Å²) in [6, 6.07) is 8.06. The number of carbonyl (C=O) groups is 2. The number of fused-ring (bicyclic) bond motifs is 1. The van der Waals surface area contributed by atoms with Crippen LogP contribution in [0.15, 0.2) is 28.6 Å². The highest BCUT2D eigenvalue weighted by Gasteiger charge is 2.22. The van der Waals surface area contributed by atoms with Crippen LogP contribution in [0.1, 0.15) is 31.7 Å². The van der Waals surface area contributed by atoms with E-state index in [-0.39, 0.29) is 11.8 Å². The maximum absolute atomic E-state index is 12.6. The number of aromatic nitrogens is 2. The summed E-state index contributed by atoms with van der Waals surface area (Å²) in [6.07, 6.45) is 3.26. The molecule has 0 spiro atoms. The molecule has 1 aliphatic heterocycles. The zero-order chi connectivity index (χ0) is 17.6. The van der Waals surface area contributed by atoms with Crippen molar-refractivity contribution < 1.29 is 9.59 Å². The van der Waals surface area contributed by atoms with Gasteiger partial charge in [-0.3, -0.25) is 9.59 Å². The average Bonchev–Trinajstić information content (AvgIpc) is 3.06. The van der Waals surface area contributed by atoms with Gasteiger partial charge in [-0.15, -0.1) is 10.2 Å². The summed E-state index contributed by atoms with van der Waals surface area (Å²) >= 11 is 2.66. The fraction of sp³-hybridized carbons (Fsp3) is 0.412. The minimum absolute atomic E-state index is 0.0591. The second kappa shape index (κ2) is 8.44. The van der Waals surface area contributed by atoms with E-state index in [4.69, 9.17) is 0 Å². The molecule has 0 fully saturated rings. The molecule has 0 saturated heterocycles. The molecule has 8 heteroatoms. The van der Waals surface area contributed by atoms with Crippen molar-refractivity contribution in [1.82, 2.24) is 10.2 Å². The highest BCUT2D eigenvalue weighted by atomic mass is 32.2. The number of benzene rings is 1. The van der Waals surface area contributed by atoms with Gasteiger partial charge < -0.3 is 10.2 Å². The van der Waals surface area contributed by atoms with Crippen LogP contribution in [0.25, 0.3) is 0 Å². The Balaban J connectivity index is 1.57. The van der Waals surface area contributed by atoms with Crippen LogP contribution in [0, 0.1) is 0 Å². The van der Waals surface area contributed by atoms with Gasteiger partial charge in [0.15, 0.2) is 4.34 Å². The summed E-state index contributed by atoms with van der Waals surface area (Å²) in [5, 5.41) is 11.2. The monoisotopic (exact) mass is 376 g/mol. The molecule has 1 N–H and O–H groups in total. The molecule has 2 amide bonds. The summed E-state index contributed by atoms with van der Waals surface area (Å²) in [5.41, 5.74) is 2.24. The number of para-hydroxylation sites is 1. The van der Waals surface area contributed by atoms with Gasteiger partial charge in [0.1, 0.15) is 0 Å². The van der Waals surface area contributed by atoms with Gasteiger partial charge in [-0.2, -0.15) is 0 Å². The minimum Gasteiger partial charge on any atom is -0.311 e. The van der Waals surface area contributed by atoms with Crippen LogP contribution >= 0.6 is 23.1 Å². The molecule has 132 valence electrons. The van der Waals surface area contributed by atoms with Gasteiger partial charge in [0.25, 0.3) is 0 Å². The average molecular weight is 377 g/mol. The molecule has 1 aliphatic rings. The molecule has 0 saturated carbocycles. The third-order valence-corrected chi connectivity index (χ3v) is 5.82. The van der Waals surface area contributed by atoms with E-state index in [9.17, 15) is 9.59 Å². The Labute approximate surface area is 155 Å². The molecule has 0 aliphatic carbocycles. The number of aryl methyl sites for hydroxylation is 1. The first-order valence-corrected chi connectivity index (χ1v) is 10.1. The lowest BCUT2D eigenvalue weighted by atomic mass is 10.0. The standard InChI is InChI=1S/C17H20N4O2S2/c1-2-6-14(22)18-16-19-20-17(25-16)24-11-15(23)21-10-5-8-12-7-3-4-9-13(12)21/h3-4,7,9H,2,5-6,8,10-11H2,1H3,(H,18,19,22). The second-order valence-corrected chi connectivity index (χ2v) is 7.94. The molecular formula is C17H20N4O2S2. The third-order valence-electron chi connectivity index (χ3n) is 3.86. The first-order chi connectivity index (χ1) is 12.2. The Morgan fingerprint density at radius 2 is 2.16 bits per heavy atom. The van der Waals surface area contributed by atoms with E-state index < -0.39 is 0 Å². The Bertz CT molecular complexity index is 763. The maximum Gasteiger partial charge on any atom is 0.237 e. The molecular weight excluding hydrogens is 356 g/mol. The molecule has 0 atom stereocenters. The van der Waals surface area contributed by atoms with E-state index >= 15 is 0 Å². The van der Waals surface area contributed by atoms with E-state index in [0.29, 0.717) is 21.6 Å². The van der Waals surface area contributed by atoms with Crippen molar-refractivity contribution >= 4 is 45.7 Å². The zero-order valence-corrected chi connectivity index (χ0v) is 15.7. The topological polar surface area (TPSA) is 75.2 Å². The first kappa shape index (κ1) is 17.9. The van der Waals surface area contributed by atoms with Crippen LogP contribution in [0.3, 0.4) is 0 Å². The van der Waals surface area contributed by atoms with Crippen molar-refractivity contribution in [2.45, 2.75) is 36.9 Å². The van der Waals surface area contributed by atoms with Gasteiger partial charge in [-0.05, 0) is 30.9 Å². The van der Waals surface area contributed by atoms with E-state index in [1.165, 1.54) is 28.7 Å². The largest absolute Gasteiger partial charge is 0.311 e. The van der Waals surface area contributed by atoms with Gasteiger partial charge in [0, 0.05) is 18.7 Å². The molecule has 25 heavy (non-hydrogen) atoms. The quantitative estimate of drug-likeness (QED) is 0.618. The molecule has 1 aromatic carbocycles. The number of anilines is 2. The zero-order valence-electron chi connectivity index (χ0n) is 14.0. The summed E-state index contributed by atoms with van der Waals surface area (Å²) in [4.78, 5) is 26.0. The molecule has 6 nitrogen and oxygen atoms in total. The Morgan fingerprint density at radius 3 is 3.00 bits per heavy atom. The van der Waals surface area contributed by atoms with Gasteiger partial charge in [0.05, 0.1) is 5.75 Å². The molecule has 2 aromatic rings. The van der Waals surface area contributed by atoms with E-state index in [0.717, 1.165) is 31.5 Å². The van der Waals surface area contributed by atoms with E-state index in [2.05, 4.69) is 21.6 Å². The Morgan fingerprint density at radius 1 is 1.32 bits per heavy atom. The van der Waals surface area contributed by atoms with Crippen LogP contribution in [0.2, 0.25) is 0 Å². The van der Waals surface area contributed by atoms with E-state index in [1.54, 1.807) is 0 Å². The van der Waals surface area contributed by atoms with Gasteiger partial charge >= 0.3 is 0 Å². The van der Waals surface area contributed by atoms with Gasteiger partial charge in [0.2, 0.25) is 16.9 Å². The van der Waals surface area contributed by atoms with Crippen molar-refractivity contribution in [3.8, 4) is 0 Å². The fourth-order valence-corrected chi connectivity index (χ4v) is 4.37. The highest BCUT2D eigenvalue weighted by Crippen LogP contribution is 2.29. The molecule has 2 heterocycles. The Kier molecular flexibility index (Phi) is 6.04. The van der Waals surface area contributed by atoms with Crippen molar-refractivity contribution in [3.63, 3.8) is 0 Å². The second-order valence-electron chi connectivity index (χ2n) is 5.74. The first-order valence-electron chi connectivity index (χ1n) is 8.32. The minimum atomic E-state index is -0.0591. The summed E-state index contributed by atoms with van der Waals surface area (Å²) in [6.45, 7) is 2.70. The van der Waals surface area contributed by atoms with Crippen molar-refractivity contribution in [2.75, 3.05) is 22.5 Å². The van der Waals surface area contributed by atoms with Crippen LogP contribution in [0.4, 0.5) is 10.8 Å². The number of amides is 2. The lowest BCUT2D eigenvalue weighted by Gasteiger charge is -2.29. The van der Waals surface area contributed by atoms with Crippen LogP contribution in [0.5, 0.6) is 0 Å². The number of hydrogen-bond donors (Lipinski definition) is 1. The number of hydrogen-bond acceptors (Lipinski definition) is 6. The lowest BCUT2D eigenvalue weighted by molar-refractivity contribution is -0.117. The predicted molar refractivity (Wildman–Crippen MR) is 101 cm³/mol. The lowest BCUT2D eigenvalue weighted by Crippen LogP contribution is -2.36. The highest BCUT2D eigenvalue weighted by molar-refractivity contribution is 8.01. The van der Waals surface area contributed by atoms with Crippen LogP contribution in [-0.2, 0) is 16.0 Å². The predicted octanol–water partition coefficient (Wildman–Crippen LogP) is 3.35. The van der Waals surface area contributed by atoms with Gasteiger partial charge in [-0.1, -0.05) is 48.2 Å². The number of nitrogens with one attached hydrogen (secondary N) is 1. The smallest absolute Gasteiger partial charge is 0.237 e. The fourth-order valence-electron chi connectivity index (χ4n) is 2.72. The van der Waals surface area contributed by atoms with Crippen molar-refractivity contribution in [2.24, 2.45) is 0 Å². The van der Waals surface area contributed by atoms with E-state index in [1.807, 2.05) is 30.0 Å².